The molecule has 2 aromatic rings. The van der Waals surface area contributed by atoms with Crippen molar-refractivity contribution in [1.82, 2.24) is 9.80 Å². The lowest BCUT2D eigenvalue weighted by Crippen LogP contribution is -2.34. The molecule has 0 radical (unpaired) electrons. The average molecular weight is 391 g/mol. The molecule has 0 bridgehead atoms. The Hall–Kier alpha value is -3.41. The van der Waals surface area contributed by atoms with Crippen molar-refractivity contribution in [2.45, 2.75) is 27.3 Å². The van der Waals surface area contributed by atoms with Crippen LogP contribution < -0.4 is 5.32 Å². The lowest BCUT2D eigenvalue weighted by atomic mass is 10.0. The molecule has 6 heteroatoms. The van der Waals surface area contributed by atoms with E-state index < -0.39 is 0 Å². The van der Waals surface area contributed by atoms with E-state index in [0.717, 1.165) is 5.56 Å². The number of amides is 3. The van der Waals surface area contributed by atoms with Crippen LogP contribution in [0.3, 0.4) is 0 Å². The molecule has 0 saturated carbocycles. The Morgan fingerprint density at radius 1 is 0.966 bits per heavy atom. The van der Waals surface area contributed by atoms with Gasteiger partial charge >= 0.3 is 0 Å². The minimum atomic E-state index is -0.286. The first kappa shape index (κ1) is 20.3. The van der Waals surface area contributed by atoms with E-state index in [1.54, 1.807) is 31.2 Å². The van der Waals surface area contributed by atoms with Crippen LogP contribution in [0.2, 0.25) is 0 Å². The fraction of sp³-hybridized carbons (Fsp3) is 0.261. The first-order valence-corrected chi connectivity index (χ1v) is 9.73. The average Bonchev–Trinajstić information content (AvgIpc) is 2.96. The summed E-state index contributed by atoms with van der Waals surface area (Å²) in [5.74, 6) is -0.718. The topological polar surface area (TPSA) is 69.7 Å². The summed E-state index contributed by atoms with van der Waals surface area (Å²) in [6.07, 6.45) is 0. The second-order valence-corrected chi connectivity index (χ2v) is 6.84. The van der Waals surface area contributed by atoms with E-state index in [0.29, 0.717) is 42.2 Å². The van der Waals surface area contributed by atoms with Crippen LogP contribution in [0.1, 0.15) is 31.9 Å². The van der Waals surface area contributed by atoms with E-state index in [1.807, 2.05) is 42.2 Å². The minimum absolute atomic E-state index is 0.165. The fourth-order valence-electron chi connectivity index (χ4n) is 3.48. The summed E-state index contributed by atoms with van der Waals surface area (Å²) in [6, 6.07) is 16.9. The van der Waals surface area contributed by atoms with Crippen molar-refractivity contribution in [3.05, 3.63) is 71.4 Å². The number of hydrogen-bond donors (Lipinski definition) is 1. The van der Waals surface area contributed by atoms with Crippen LogP contribution in [0.25, 0.3) is 5.57 Å². The second-order valence-electron chi connectivity index (χ2n) is 6.84. The number of hydrogen-bond acceptors (Lipinski definition) is 4. The third kappa shape index (κ3) is 4.21. The van der Waals surface area contributed by atoms with E-state index in [9.17, 15) is 14.4 Å². The lowest BCUT2D eigenvalue weighted by Gasteiger charge is -2.24. The molecule has 3 amide bonds. The molecule has 0 saturated heterocycles. The molecule has 150 valence electrons. The number of anilines is 1. The number of nitrogens with zero attached hydrogens (tertiary/aromatic N) is 2. The van der Waals surface area contributed by atoms with Crippen molar-refractivity contribution in [2.24, 2.45) is 0 Å². The van der Waals surface area contributed by atoms with E-state index in [1.165, 1.54) is 11.8 Å². The van der Waals surface area contributed by atoms with Crippen molar-refractivity contribution in [3.8, 4) is 0 Å². The summed E-state index contributed by atoms with van der Waals surface area (Å²) in [4.78, 5) is 40.6. The molecule has 0 unspecified atom stereocenters. The molecule has 6 nitrogen and oxygen atoms in total. The number of likely N-dealkylation sites (N-methyl/N-ethyl adjacent to an activating group) is 2. The van der Waals surface area contributed by atoms with Crippen LogP contribution >= 0.6 is 0 Å². The summed E-state index contributed by atoms with van der Waals surface area (Å²) >= 11 is 0. The number of carbonyl (C=O) groups is 3. The zero-order valence-electron chi connectivity index (χ0n) is 16.9. The van der Waals surface area contributed by atoms with Gasteiger partial charge in [0.15, 0.2) is 0 Å². The van der Waals surface area contributed by atoms with E-state index >= 15 is 0 Å². The zero-order chi connectivity index (χ0) is 21.0. The quantitative estimate of drug-likeness (QED) is 0.736. The van der Waals surface area contributed by atoms with Gasteiger partial charge in [-0.05, 0) is 37.1 Å². The van der Waals surface area contributed by atoms with Crippen LogP contribution in [0.5, 0.6) is 0 Å². The SMILES string of the molecule is CCN(Cc1ccccc1)C1=C(c2ccc(NC(C)=O)cc2)C(=O)N(CC)C1=O. The standard InChI is InChI=1S/C23H25N3O3/c1-4-25(15-17-9-7-6-8-10-17)21-20(22(28)26(5-2)23(21)29)18-11-13-19(14-12-18)24-16(3)27/h6-14H,4-5,15H2,1-3H3,(H,24,27). The van der Waals surface area contributed by atoms with Gasteiger partial charge in [-0.15, -0.1) is 0 Å². The molecular formula is C23H25N3O3. The molecule has 0 aromatic heterocycles. The minimum Gasteiger partial charge on any atom is -0.362 e. The molecule has 0 spiro atoms. The molecular weight excluding hydrogens is 366 g/mol. The van der Waals surface area contributed by atoms with E-state index in [-0.39, 0.29) is 17.7 Å². The van der Waals surface area contributed by atoms with Crippen LogP contribution in [0, 0.1) is 0 Å². The maximum Gasteiger partial charge on any atom is 0.277 e. The smallest absolute Gasteiger partial charge is 0.277 e. The highest BCUT2D eigenvalue weighted by molar-refractivity contribution is 6.35. The van der Waals surface area contributed by atoms with Crippen LogP contribution in [0.4, 0.5) is 5.69 Å². The van der Waals surface area contributed by atoms with Gasteiger partial charge in [-0.25, -0.2) is 0 Å². The van der Waals surface area contributed by atoms with Crippen molar-refractivity contribution in [1.29, 1.82) is 0 Å². The maximum atomic E-state index is 13.1. The third-order valence-corrected chi connectivity index (χ3v) is 4.87. The molecule has 1 aliphatic rings. The highest BCUT2D eigenvalue weighted by Crippen LogP contribution is 2.32. The van der Waals surface area contributed by atoms with Gasteiger partial charge in [0.2, 0.25) is 5.91 Å². The van der Waals surface area contributed by atoms with Crippen LogP contribution in [-0.4, -0.2) is 40.6 Å². The number of imide groups is 1. The summed E-state index contributed by atoms with van der Waals surface area (Å²) in [5, 5.41) is 2.71. The molecule has 29 heavy (non-hydrogen) atoms. The molecule has 1 N–H and O–H groups in total. The molecule has 3 rings (SSSR count). The Labute approximate surface area is 170 Å². The predicted molar refractivity (Wildman–Crippen MR) is 113 cm³/mol. The molecule has 1 heterocycles. The third-order valence-electron chi connectivity index (χ3n) is 4.87. The van der Waals surface area contributed by atoms with Gasteiger partial charge < -0.3 is 10.2 Å². The van der Waals surface area contributed by atoms with Crippen LogP contribution in [0.15, 0.2) is 60.3 Å². The van der Waals surface area contributed by atoms with Crippen molar-refractivity contribution < 1.29 is 14.4 Å². The van der Waals surface area contributed by atoms with Crippen LogP contribution in [-0.2, 0) is 20.9 Å². The summed E-state index contributed by atoms with van der Waals surface area (Å²) < 4.78 is 0. The summed E-state index contributed by atoms with van der Waals surface area (Å²) in [5.41, 5.74) is 3.20. The van der Waals surface area contributed by atoms with Gasteiger partial charge in [-0.2, -0.15) is 0 Å². The summed E-state index contributed by atoms with van der Waals surface area (Å²) in [7, 11) is 0. The van der Waals surface area contributed by atoms with Gasteiger partial charge in [-0.1, -0.05) is 42.5 Å². The van der Waals surface area contributed by atoms with Gasteiger partial charge in [-0.3, -0.25) is 19.3 Å². The number of benzene rings is 2. The van der Waals surface area contributed by atoms with Gasteiger partial charge in [0.25, 0.3) is 11.8 Å². The highest BCUT2D eigenvalue weighted by atomic mass is 16.2. The molecule has 0 aliphatic carbocycles. The second kappa shape index (κ2) is 8.73. The first-order valence-electron chi connectivity index (χ1n) is 9.73. The number of carbonyl (C=O) groups excluding carboxylic acids is 3. The largest absolute Gasteiger partial charge is 0.362 e. The number of rotatable bonds is 7. The highest BCUT2D eigenvalue weighted by Gasteiger charge is 2.40. The Bertz CT molecular complexity index is 949. The first-order chi connectivity index (χ1) is 14.0. The number of nitrogens with one attached hydrogen (secondary N) is 1. The van der Waals surface area contributed by atoms with Gasteiger partial charge in [0.05, 0.1) is 5.57 Å². The molecule has 0 fully saturated rings. The molecule has 0 atom stereocenters. The van der Waals surface area contributed by atoms with Gasteiger partial charge in [0.1, 0.15) is 5.70 Å². The van der Waals surface area contributed by atoms with Crippen molar-refractivity contribution >= 4 is 29.0 Å². The zero-order valence-corrected chi connectivity index (χ0v) is 16.9. The monoisotopic (exact) mass is 391 g/mol. The van der Waals surface area contributed by atoms with E-state index in [2.05, 4.69) is 5.32 Å². The summed E-state index contributed by atoms with van der Waals surface area (Å²) in [6.45, 7) is 6.65. The maximum absolute atomic E-state index is 13.1. The Balaban J connectivity index is 2.04. The normalized spacial score (nSPS) is 13.8. The predicted octanol–water partition coefficient (Wildman–Crippen LogP) is 3.27. The Morgan fingerprint density at radius 2 is 1.62 bits per heavy atom. The van der Waals surface area contributed by atoms with Crippen molar-refractivity contribution in [3.63, 3.8) is 0 Å². The fourth-order valence-corrected chi connectivity index (χ4v) is 3.48. The van der Waals surface area contributed by atoms with Crippen molar-refractivity contribution in [2.75, 3.05) is 18.4 Å². The Kier molecular flexibility index (Phi) is 6.12. The molecule has 2 aromatic carbocycles. The van der Waals surface area contributed by atoms with E-state index in [4.69, 9.17) is 0 Å². The Morgan fingerprint density at radius 3 is 2.17 bits per heavy atom. The lowest BCUT2D eigenvalue weighted by molar-refractivity contribution is -0.137. The van der Waals surface area contributed by atoms with Gasteiger partial charge in [0, 0.05) is 32.2 Å². The molecule has 1 aliphatic heterocycles.